The van der Waals surface area contributed by atoms with Crippen molar-refractivity contribution in [2.75, 3.05) is 13.7 Å². The fraction of sp³-hybridized carbons (Fsp3) is 0.316. The molecule has 1 fully saturated rings. The van der Waals surface area contributed by atoms with Crippen LogP contribution < -0.4 is 0 Å². The van der Waals surface area contributed by atoms with Crippen molar-refractivity contribution in [2.24, 2.45) is 0 Å². The Morgan fingerprint density at radius 3 is 2.42 bits per heavy atom. The average Bonchev–Trinajstić information content (AvgIpc) is 3.06. The van der Waals surface area contributed by atoms with E-state index in [9.17, 15) is 13.2 Å². The minimum Gasteiger partial charge on any atom is -0.468 e. The molecule has 0 radical (unpaired) electrons. The zero-order valence-corrected chi connectivity index (χ0v) is 15.5. The van der Waals surface area contributed by atoms with Crippen molar-refractivity contribution in [2.45, 2.75) is 30.5 Å². The predicted octanol–water partition coefficient (Wildman–Crippen LogP) is 2.13. The maximum Gasteiger partial charge on any atom is 0.326 e. The SMILES string of the molecule is COC(=O)[C@@H]1CO[C@H](Cc2ccccc2)N1S(=O)(=O)c1ccc(C)cc1. The van der Waals surface area contributed by atoms with E-state index in [-0.39, 0.29) is 11.5 Å². The number of hydrogen-bond donors (Lipinski definition) is 0. The Hall–Kier alpha value is -2.22. The monoisotopic (exact) mass is 375 g/mol. The third-order valence-corrected chi connectivity index (χ3v) is 6.27. The van der Waals surface area contributed by atoms with Gasteiger partial charge in [-0.25, -0.2) is 8.42 Å². The number of nitrogens with zero attached hydrogens (tertiary/aromatic N) is 1. The lowest BCUT2D eigenvalue weighted by molar-refractivity contribution is -0.144. The number of carbonyl (C=O) groups is 1. The van der Waals surface area contributed by atoms with Gasteiger partial charge >= 0.3 is 5.97 Å². The Balaban J connectivity index is 1.97. The van der Waals surface area contributed by atoms with Crippen molar-refractivity contribution < 1.29 is 22.7 Å². The number of carbonyl (C=O) groups excluding carboxylic acids is 1. The Kier molecular flexibility index (Phi) is 5.41. The predicted molar refractivity (Wildman–Crippen MR) is 95.9 cm³/mol. The Morgan fingerprint density at radius 1 is 1.15 bits per heavy atom. The second kappa shape index (κ2) is 7.57. The van der Waals surface area contributed by atoms with Crippen LogP contribution in [-0.4, -0.2) is 44.7 Å². The van der Waals surface area contributed by atoms with Gasteiger partial charge in [-0.05, 0) is 24.6 Å². The molecule has 1 heterocycles. The largest absolute Gasteiger partial charge is 0.468 e. The molecule has 26 heavy (non-hydrogen) atoms. The number of aryl methyl sites for hydroxylation is 1. The highest BCUT2D eigenvalue weighted by Crippen LogP contribution is 2.29. The van der Waals surface area contributed by atoms with Crippen LogP contribution in [0.25, 0.3) is 0 Å². The number of sulfonamides is 1. The molecule has 3 rings (SSSR count). The average molecular weight is 375 g/mol. The van der Waals surface area contributed by atoms with Gasteiger partial charge in [0.15, 0.2) is 0 Å². The van der Waals surface area contributed by atoms with Gasteiger partial charge in [-0.1, -0.05) is 48.0 Å². The third kappa shape index (κ3) is 3.65. The van der Waals surface area contributed by atoms with E-state index in [1.807, 2.05) is 37.3 Å². The zero-order chi connectivity index (χ0) is 18.7. The Labute approximate surface area is 153 Å². The van der Waals surface area contributed by atoms with Crippen LogP contribution in [0.5, 0.6) is 0 Å². The zero-order valence-electron chi connectivity index (χ0n) is 14.7. The molecule has 0 spiro atoms. The highest BCUT2D eigenvalue weighted by atomic mass is 32.2. The summed E-state index contributed by atoms with van der Waals surface area (Å²) in [5, 5.41) is 0. The van der Waals surface area contributed by atoms with E-state index >= 15 is 0 Å². The van der Waals surface area contributed by atoms with Crippen molar-refractivity contribution in [3.63, 3.8) is 0 Å². The summed E-state index contributed by atoms with van der Waals surface area (Å²) in [5.41, 5.74) is 1.87. The van der Waals surface area contributed by atoms with Gasteiger partial charge in [0.2, 0.25) is 10.0 Å². The van der Waals surface area contributed by atoms with E-state index < -0.39 is 28.3 Å². The maximum absolute atomic E-state index is 13.2. The van der Waals surface area contributed by atoms with Gasteiger partial charge in [-0.2, -0.15) is 4.31 Å². The minimum atomic E-state index is -3.92. The molecule has 0 aromatic heterocycles. The smallest absolute Gasteiger partial charge is 0.326 e. The lowest BCUT2D eigenvalue weighted by Crippen LogP contribution is -2.46. The summed E-state index contributed by atoms with van der Waals surface area (Å²) >= 11 is 0. The molecule has 0 amide bonds. The number of benzene rings is 2. The first-order valence-electron chi connectivity index (χ1n) is 8.27. The second-order valence-corrected chi connectivity index (χ2v) is 8.01. The van der Waals surface area contributed by atoms with E-state index in [0.717, 1.165) is 15.4 Å². The fourth-order valence-corrected chi connectivity index (χ4v) is 4.63. The molecule has 1 aliphatic rings. The van der Waals surface area contributed by atoms with Crippen LogP contribution >= 0.6 is 0 Å². The van der Waals surface area contributed by atoms with Crippen LogP contribution in [0.1, 0.15) is 11.1 Å². The van der Waals surface area contributed by atoms with Gasteiger partial charge in [0, 0.05) is 6.42 Å². The number of ether oxygens (including phenoxy) is 2. The van der Waals surface area contributed by atoms with Gasteiger partial charge in [0.1, 0.15) is 12.3 Å². The summed E-state index contributed by atoms with van der Waals surface area (Å²) in [4.78, 5) is 12.3. The third-order valence-electron chi connectivity index (χ3n) is 4.36. The lowest BCUT2D eigenvalue weighted by atomic mass is 10.1. The van der Waals surface area contributed by atoms with Crippen LogP contribution in [0.15, 0.2) is 59.5 Å². The number of rotatable bonds is 5. The molecule has 7 heteroatoms. The molecule has 2 atom stereocenters. The van der Waals surface area contributed by atoms with Gasteiger partial charge in [-0.15, -0.1) is 0 Å². The van der Waals surface area contributed by atoms with Crippen LogP contribution in [0, 0.1) is 6.92 Å². The van der Waals surface area contributed by atoms with Gasteiger partial charge < -0.3 is 9.47 Å². The molecule has 0 N–H and O–H groups in total. The first-order valence-corrected chi connectivity index (χ1v) is 9.71. The Bertz CT molecular complexity index is 865. The van der Waals surface area contributed by atoms with Crippen molar-refractivity contribution >= 4 is 16.0 Å². The summed E-state index contributed by atoms with van der Waals surface area (Å²) in [6, 6.07) is 15.0. The lowest BCUT2D eigenvalue weighted by Gasteiger charge is -2.26. The van der Waals surface area contributed by atoms with Crippen molar-refractivity contribution in [3.05, 3.63) is 65.7 Å². The van der Waals surface area contributed by atoms with Crippen LogP contribution in [-0.2, 0) is 30.7 Å². The Morgan fingerprint density at radius 2 is 1.81 bits per heavy atom. The van der Waals surface area contributed by atoms with Crippen molar-refractivity contribution in [1.82, 2.24) is 4.31 Å². The second-order valence-electron chi connectivity index (χ2n) is 6.16. The van der Waals surface area contributed by atoms with E-state index in [1.165, 1.54) is 19.2 Å². The van der Waals surface area contributed by atoms with E-state index in [4.69, 9.17) is 9.47 Å². The molecule has 0 aliphatic carbocycles. The first-order chi connectivity index (χ1) is 12.4. The van der Waals surface area contributed by atoms with Crippen molar-refractivity contribution in [3.8, 4) is 0 Å². The van der Waals surface area contributed by atoms with E-state index in [0.29, 0.717) is 6.42 Å². The molecule has 2 aromatic carbocycles. The van der Waals surface area contributed by atoms with Crippen LogP contribution in [0.4, 0.5) is 0 Å². The van der Waals surface area contributed by atoms with Crippen molar-refractivity contribution in [1.29, 1.82) is 0 Å². The minimum absolute atomic E-state index is 0.0325. The summed E-state index contributed by atoms with van der Waals surface area (Å²) in [5.74, 6) is -0.628. The van der Waals surface area contributed by atoms with Gasteiger partial charge in [-0.3, -0.25) is 4.79 Å². The molecule has 1 saturated heterocycles. The van der Waals surface area contributed by atoms with Crippen LogP contribution in [0.2, 0.25) is 0 Å². The molecule has 1 aliphatic heterocycles. The summed E-state index contributed by atoms with van der Waals surface area (Å²) in [6.45, 7) is 1.85. The van der Waals surface area contributed by atoms with Gasteiger partial charge in [0.05, 0.1) is 18.6 Å². The molecular formula is C19H21NO5S. The number of methoxy groups -OCH3 is 1. The molecule has 138 valence electrons. The molecule has 6 nitrogen and oxygen atoms in total. The van der Waals surface area contributed by atoms with E-state index in [1.54, 1.807) is 12.1 Å². The molecule has 0 unspecified atom stereocenters. The quantitative estimate of drug-likeness (QED) is 0.749. The maximum atomic E-state index is 13.2. The standard InChI is InChI=1S/C19H21NO5S/c1-14-8-10-16(11-9-14)26(22,23)20-17(19(21)24-2)13-25-18(20)12-15-6-4-3-5-7-15/h3-11,17-18H,12-13H2,1-2H3/t17-,18+/m0/s1. The van der Waals surface area contributed by atoms with Crippen LogP contribution in [0.3, 0.4) is 0 Å². The molecule has 0 saturated carbocycles. The molecule has 0 bridgehead atoms. The highest BCUT2D eigenvalue weighted by molar-refractivity contribution is 7.89. The van der Waals surface area contributed by atoms with E-state index in [2.05, 4.69) is 0 Å². The molecule has 2 aromatic rings. The number of esters is 1. The molecular weight excluding hydrogens is 354 g/mol. The highest BCUT2D eigenvalue weighted by Gasteiger charge is 2.47. The number of hydrogen-bond acceptors (Lipinski definition) is 5. The topological polar surface area (TPSA) is 72.9 Å². The normalized spacial score (nSPS) is 20.8. The van der Waals surface area contributed by atoms with Gasteiger partial charge in [0.25, 0.3) is 0 Å². The summed E-state index contributed by atoms with van der Waals surface area (Å²) in [6.07, 6.45) is -0.424. The summed E-state index contributed by atoms with van der Waals surface area (Å²) < 4.78 is 38.0. The summed E-state index contributed by atoms with van der Waals surface area (Å²) in [7, 11) is -2.68. The first kappa shape index (κ1) is 18.6. The fourth-order valence-electron chi connectivity index (χ4n) is 2.98.